The van der Waals surface area contributed by atoms with Gasteiger partial charge in [-0.25, -0.2) is 9.18 Å². The van der Waals surface area contributed by atoms with Crippen LogP contribution in [-0.2, 0) is 0 Å². The molecule has 0 atom stereocenters. The molecule has 0 aromatic heterocycles. The molecule has 0 saturated carbocycles. The van der Waals surface area contributed by atoms with Crippen LogP contribution in [0.4, 0.5) is 4.39 Å². The van der Waals surface area contributed by atoms with Crippen molar-refractivity contribution < 1.29 is 28.2 Å². The lowest BCUT2D eigenvalue weighted by Crippen LogP contribution is -2.12. The summed E-state index contributed by atoms with van der Waals surface area (Å²) < 4.78 is 28.9. The fourth-order valence-corrected chi connectivity index (χ4v) is 2.72. The Kier molecular flexibility index (Phi) is 6.60. The summed E-state index contributed by atoms with van der Waals surface area (Å²) in [6.45, 7) is 0. The summed E-state index contributed by atoms with van der Waals surface area (Å²) in [5, 5.41) is 0. The lowest BCUT2D eigenvalue weighted by Gasteiger charge is -2.12. The van der Waals surface area contributed by atoms with E-state index in [-0.39, 0.29) is 28.5 Å². The first-order valence-electron chi connectivity index (χ1n) is 9.03. The third kappa shape index (κ3) is 4.91. The van der Waals surface area contributed by atoms with E-state index in [1.165, 1.54) is 44.6 Å². The highest BCUT2D eigenvalue weighted by Gasteiger charge is 2.19. The van der Waals surface area contributed by atoms with E-state index in [0.29, 0.717) is 17.1 Å². The van der Waals surface area contributed by atoms with Gasteiger partial charge in [0.05, 0.1) is 19.8 Å². The number of ketones is 1. The number of hydrogen-bond acceptors (Lipinski definition) is 5. The molecule has 5 nitrogen and oxygen atoms in total. The van der Waals surface area contributed by atoms with Crippen LogP contribution in [0.15, 0.2) is 72.8 Å². The van der Waals surface area contributed by atoms with Crippen molar-refractivity contribution in [2.45, 2.75) is 0 Å². The molecule has 0 aliphatic heterocycles. The number of methoxy groups -OCH3 is 2. The molecule has 0 fully saturated rings. The second-order valence-corrected chi connectivity index (χ2v) is 6.20. The molecule has 3 aromatic rings. The molecule has 3 aromatic carbocycles. The van der Waals surface area contributed by atoms with Crippen molar-refractivity contribution in [3.63, 3.8) is 0 Å². The number of allylic oxidation sites excluding steroid dienone is 1. The molecule has 0 saturated heterocycles. The number of carbonyl (C=O) groups excluding carboxylic acids is 2. The van der Waals surface area contributed by atoms with Gasteiger partial charge < -0.3 is 14.2 Å². The Bertz CT molecular complexity index is 1090. The normalized spacial score (nSPS) is 10.6. The minimum Gasteiger partial charge on any atom is -0.497 e. The van der Waals surface area contributed by atoms with Gasteiger partial charge in [0, 0.05) is 6.07 Å². The van der Waals surface area contributed by atoms with Gasteiger partial charge in [-0.1, -0.05) is 30.3 Å². The number of halogens is 1. The Labute approximate surface area is 173 Å². The molecule has 0 aliphatic carbocycles. The van der Waals surface area contributed by atoms with E-state index >= 15 is 0 Å². The van der Waals surface area contributed by atoms with E-state index in [0.717, 1.165) is 0 Å². The van der Waals surface area contributed by atoms with E-state index in [2.05, 4.69) is 0 Å². The zero-order valence-corrected chi connectivity index (χ0v) is 16.4. The zero-order valence-electron chi connectivity index (χ0n) is 16.4. The standard InChI is InChI=1S/C24H19FO5/c1-28-18-12-13-19(21(26)14-9-16-7-10-17(25)11-8-16)23(15-18)30-24(27)20-5-3-4-6-22(20)29-2/h3-15H,1-2H3/b14-9+. The van der Waals surface area contributed by atoms with Crippen LogP contribution >= 0.6 is 0 Å². The molecule has 0 heterocycles. The summed E-state index contributed by atoms with van der Waals surface area (Å²) in [7, 11) is 2.92. The van der Waals surface area contributed by atoms with Crippen molar-refractivity contribution in [3.05, 3.63) is 95.3 Å². The van der Waals surface area contributed by atoms with Crippen molar-refractivity contribution in [3.8, 4) is 17.2 Å². The Morgan fingerprint density at radius 1 is 0.833 bits per heavy atom. The highest BCUT2D eigenvalue weighted by Crippen LogP contribution is 2.28. The number of ether oxygens (including phenoxy) is 3. The Morgan fingerprint density at radius 2 is 1.57 bits per heavy atom. The van der Waals surface area contributed by atoms with Gasteiger partial charge in [0.2, 0.25) is 0 Å². The molecule has 0 aliphatic rings. The van der Waals surface area contributed by atoms with Crippen LogP contribution in [0.1, 0.15) is 26.3 Å². The maximum atomic E-state index is 13.0. The van der Waals surface area contributed by atoms with Crippen molar-refractivity contribution >= 4 is 17.8 Å². The molecule has 0 radical (unpaired) electrons. The first-order valence-corrected chi connectivity index (χ1v) is 9.03. The second-order valence-electron chi connectivity index (χ2n) is 6.20. The average Bonchev–Trinajstić information content (AvgIpc) is 2.78. The molecule has 0 unspecified atom stereocenters. The van der Waals surface area contributed by atoms with Crippen LogP contribution in [0.25, 0.3) is 6.08 Å². The Balaban J connectivity index is 1.89. The van der Waals surface area contributed by atoms with Gasteiger partial charge in [-0.15, -0.1) is 0 Å². The lowest BCUT2D eigenvalue weighted by atomic mass is 10.1. The van der Waals surface area contributed by atoms with Gasteiger partial charge in [-0.2, -0.15) is 0 Å². The van der Waals surface area contributed by atoms with Gasteiger partial charge in [0.1, 0.15) is 28.6 Å². The molecule has 3 rings (SSSR count). The number of esters is 1. The number of carbonyl (C=O) groups is 2. The summed E-state index contributed by atoms with van der Waals surface area (Å²) in [5.74, 6) is -0.577. The summed E-state index contributed by atoms with van der Waals surface area (Å²) in [6, 6.07) is 16.9. The monoisotopic (exact) mass is 406 g/mol. The first-order chi connectivity index (χ1) is 14.5. The maximum Gasteiger partial charge on any atom is 0.347 e. The molecule has 6 heteroatoms. The lowest BCUT2D eigenvalue weighted by molar-refractivity contribution is 0.0729. The highest BCUT2D eigenvalue weighted by molar-refractivity contribution is 6.09. The van der Waals surface area contributed by atoms with Gasteiger partial charge in [0.25, 0.3) is 0 Å². The smallest absolute Gasteiger partial charge is 0.347 e. The van der Waals surface area contributed by atoms with Crippen molar-refractivity contribution in [2.75, 3.05) is 14.2 Å². The molecule has 0 amide bonds. The van der Waals surface area contributed by atoms with Crippen LogP contribution in [0.5, 0.6) is 17.2 Å². The second kappa shape index (κ2) is 9.52. The third-order valence-electron chi connectivity index (χ3n) is 4.28. The third-order valence-corrected chi connectivity index (χ3v) is 4.28. The Morgan fingerprint density at radius 3 is 2.27 bits per heavy atom. The van der Waals surface area contributed by atoms with E-state index < -0.39 is 5.97 Å². The van der Waals surface area contributed by atoms with E-state index in [9.17, 15) is 14.0 Å². The molecule has 0 N–H and O–H groups in total. The number of para-hydroxylation sites is 1. The van der Waals surface area contributed by atoms with Crippen molar-refractivity contribution in [2.24, 2.45) is 0 Å². The summed E-state index contributed by atoms with van der Waals surface area (Å²) >= 11 is 0. The highest BCUT2D eigenvalue weighted by atomic mass is 19.1. The van der Waals surface area contributed by atoms with Gasteiger partial charge in [-0.05, 0) is 48.0 Å². The molecular weight excluding hydrogens is 387 g/mol. The first kappa shape index (κ1) is 20.8. The number of hydrogen-bond donors (Lipinski definition) is 0. The number of benzene rings is 3. The predicted octanol–water partition coefficient (Wildman–Crippen LogP) is 4.96. The zero-order chi connectivity index (χ0) is 21.5. The van der Waals surface area contributed by atoms with Crippen molar-refractivity contribution in [1.29, 1.82) is 0 Å². The van der Waals surface area contributed by atoms with Crippen LogP contribution in [0, 0.1) is 5.82 Å². The molecule has 0 spiro atoms. The minimum atomic E-state index is -0.669. The fourth-order valence-electron chi connectivity index (χ4n) is 2.72. The van der Waals surface area contributed by atoms with Crippen LogP contribution < -0.4 is 14.2 Å². The van der Waals surface area contributed by atoms with Gasteiger partial charge >= 0.3 is 5.97 Å². The van der Waals surface area contributed by atoms with Crippen LogP contribution in [0.3, 0.4) is 0 Å². The quantitative estimate of drug-likeness (QED) is 0.240. The summed E-state index contributed by atoms with van der Waals surface area (Å²) in [5.41, 5.74) is 1.06. The van der Waals surface area contributed by atoms with Gasteiger partial charge in [0.15, 0.2) is 5.78 Å². The molecule has 0 bridgehead atoms. The average molecular weight is 406 g/mol. The topological polar surface area (TPSA) is 61.8 Å². The Hall–Kier alpha value is -3.93. The van der Waals surface area contributed by atoms with Crippen LogP contribution in [0.2, 0.25) is 0 Å². The largest absolute Gasteiger partial charge is 0.497 e. The summed E-state index contributed by atoms with van der Waals surface area (Å²) in [4.78, 5) is 25.4. The summed E-state index contributed by atoms with van der Waals surface area (Å²) in [6.07, 6.45) is 2.88. The predicted molar refractivity (Wildman–Crippen MR) is 111 cm³/mol. The molecular formula is C24H19FO5. The van der Waals surface area contributed by atoms with E-state index in [1.807, 2.05) is 0 Å². The number of rotatable bonds is 7. The maximum absolute atomic E-state index is 13.0. The van der Waals surface area contributed by atoms with E-state index in [1.54, 1.807) is 48.5 Å². The fraction of sp³-hybridized carbons (Fsp3) is 0.0833. The van der Waals surface area contributed by atoms with Gasteiger partial charge in [-0.3, -0.25) is 4.79 Å². The molecule has 152 valence electrons. The van der Waals surface area contributed by atoms with E-state index in [4.69, 9.17) is 14.2 Å². The van der Waals surface area contributed by atoms with Crippen LogP contribution in [-0.4, -0.2) is 26.0 Å². The van der Waals surface area contributed by atoms with Crippen molar-refractivity contribution in [1.82, 2.24) is 0 Å². The SMILES string of the molecule is COc1ccc(C(=O)/C=C/c2ccc(F)cc2)c(OC(=O)c2ccccc2OC)c1. The molecule has 30 heavy (non-hydrogen) atoms. The minimum absolute atomic E-state index is 0.0546.